The van der Waals surface area contributed by atoms with E-state index in [0.29, 0.717) is 6.42 Å². The molecule has 0 aromatic carbocycles. The third-order valence-electron chi connectivity index (χ3n) is 12.6. The van der Waals surface area contributed by atoms with E-state index in [1.165, 1.54) is 57.8 Å². The summed E-state index contributed by atoms with van der Waals surface area (Å²) in [6, 6.07) is -0.962. The monoisotopic (exact) mass is 940 g/mol. The maximum atomic E-state index is 13.0. The summed E-state index contributed by atoms with van der Waals surface area (Å²) >= 11 is 0. The van der Waals surface area contributed by atoms with Crippen LogP contribution < -0.4 is 5.32 Å². The molecule has 0 aliphatic carbocycles. The van der Waals surface area contributed by atoms with E-state index in [1.54, 1.807) is 6.08 Å². The summed E-state index contributed by atoms with van der Waals surface area (Å²) in [4.78, 5) is 13.0. The molecule has 0 saturated carbocycles. The Morgan fingerprint density at radius 1 is 0.538 bits per heavy atom. The number of aliphatic hydroxyl groups excluding tert-OH is 11. The molecule has 0 radical (unpaired) electrons. The van der Waals surface area contributed by atoms with E-state index in [1.807, 2.05) is 6.08 Å². The Morgan fingerprint density at radius 2 is 0.954 bits per heavy atom. The highest BCUT2D eigenvalue weighted by Crippen LogP contribution is 2.33. The number of unbranched alkanes of at least 4 members (excludes halogenated alkanes) is 17. The molecule has 382 valence electrons. The topological polar surface area (TPSA) is 307 Å². The van der Waals surface area contributed by atoms with Crippen LogP contribution in [-0.4, -0.2) is 193 Å². The molecular formula is C46H85NO18. The third-order valence-corrected chi connectivity index (χ3v) is 12.6. The molecule has 3 saturated heterocycles. The van der Waals surface area contributed by atoms with E-state index < -0.39 is 124 Å². The minimum atomic E-state index is -1.97. The van der Waals surface area contributed by atoms with Gasteiger partial charge >= 0.3 is 0 Å². The molecule has 3 heterocycles. The van der Waals surface area contributed by atoms with Crippen molar-refractivity contribution in [2.75, 3.05) is 26.4 Å². The molecule has 3 rings (SSSR count). The standard InChI is InChI=1S/C46H85NO18/c1-3-5-7-9-11-12-13-14-15-16-17-18-19-21-23-30(51)29(47-34(52)24-22-20-10-8-6-4-2)28-60-44-40(58)37(55)42(32(26-49)62-44)65-46-41(59)38(56)43(33(27-50)63-46)64-45-39(57)36(54)35(53)31(25-48)61-45/h21,23,29-33,35-46,48-51,53-59H,3-20,22,24-28H2,1-2H3,(H,47,52)/b23-21+. The van der Waals surface area contributed by atoms with E-state index >= 15 is 0 Å². The van der Waals surface area contributed by atoms with E-state index in [-0.39, 0.29) is 18.9 Å². The van der Waals surface area contributed by atoms with Crippen LogP contribution in [0.15, 0.2) is 12.2 Å². The van der Waals surface area contributed by atoms with Gasteiger partial charge in [-0.2, -0.15) is 0 Å². The van der Waals surface area contributed by atoms with Crippen molar-refractivity contribution in [3.8, 4) is 0 Å². The average molecular weight is 940 g/mol. The lowest BCUT2D eigenvalue weighted by molar-refractivity contribution is -0.379. The van der Waals surface area contributed by atoms with Crippen molar-refractivity contribution in [1.82, 2.24) is 5.32 Å². The lowest BCUT2D eigenvalue weighted by atomic mass is 9.96. The van der Waals surface area contributed by atoms with Gasteiger partial charge in [-0.05, 0) is 19.3 Å². The summed E-state index contributed by atoms with van der Waals surface area (Å²) in [6.45, 7) is 1.60. The van der Waals surface area contributed by atoms with Crippen LogP contribution in [0.1, 0.15) is 142 Å². The first-order valence-corrected chi connectivity index (χ1v) is 24.4. The van der Waals surface area contributed by atoms with Crippen LogP contribution in [-0.2, 0) is 33.2 Å². The number of allylic oxidation sites excluding steroid dienone is 1. The Hall–Kier alpha value is -1.47. The number of nitrogens with one attached hydrogen (secondary N) is 1. The van der Waals surface area contributed by atoms with Gasteiger partial charge in [0.25, 0.3) is 0 Å². The SMILES string of the molecule is CCCCCCCCCCCCCC/C=C/C(O)C(COC1OC(CO)C(OC2OC(CO)C(OC3OC(CO)C(O)C(O)C3O)C(O)C2O)C(O)C1O)NC(=O)CCCCCCCC. The smallest absolute Gasteiger partial charge is 0.220 e. The number of carbonyl (C=O) groups is 1. The van der Waals surface area contributed by atoms with Crippen LogP contribution in [0.3, 0.4) is 0 Å². The Kier molecular flexibility index (Phi) is 28.8. The van der Waals surface area contributed by atoms with Gasteiger partial charge in [0.15, 0.2) is 18.9 Å². The molecule has 1 amide bonds. The van der Waals surface area contributed by atoms with Crippen molar-refractivity contribution >= 4 is 5.91 Å². The zero-order valence-electron chi connectivity index (χ0n) is 38.7. The lowest BCUT2D eigenvalue weighted by Crippen LogP contribution is -2.66. The number of ether oxygens (including phenoxy) is 6. The van der Waals surface area contributed by atoms with Gasteiger partial charge in [-0.15, -0.1) is 0 Å². The largest absolute Gasteiger partial charge is 0.394 e. The molecular weight excluding hydrogens is 854 g/mol. The first kappa shape index (κ1) is 57.8. The second-order valence-electron chi connectivity index (χ2n) is 17.9. The van der Waals surface area contributed by atoms with Crippen molar-refractivity contribution in [2.24, 2.45) is 0 Å². The highest BCUT2D eigenvalue weighted by atomic mass is 16.8. The quantitative estimate of drug-likeness (QED) is 0.0318. The van der Waals surface area contributed by atoms with E-state index in [9.17, 15) is 61.0 Å². The molecule has 0 aromatic rings. The van der Waals surface area contributed by atoms with Gasteiger partial charge in [-0.3, -0.25) is 4.79 Å². The van der Waals surface area contributed by atoms with Crippen LogP contribution >= 0.6 is 0 Å². The van der Waals surface area contributed by atoms with Gasteiger partial charge in [0, 0.05) is 6.42 Å². The molecule has 3 aliphatic rings. The third kappa shape index (κ3) is 19.1. The summed E-state index contributed by atoms with van der Waals surface area (Å²) in [5.74, 6) is -0.287. The number of rotatable bonds is 33. The Morgan fingerprint density at radius 3 is 1.45 bits per heavy atom. The van der Waals surface area contributed by atoms with Crippen LogP contribution in [0.5, 0.6) is 0 Å². The normalized spacial score (nSPS) is 34.2. The fourth-order valence-electron chi connectivity index (χ4n) is 8.42. The van der Waals surface area contributed by atoms with Gasteiger partial charge in [-0.25, -0.2) is 0 Å². The second kappa shape index (κ2) is 32.4. The molecule has 65 heavy (non-hydrogen) atoms. The first-order chi connectivity index (χ1) is 31.3. The van der Waals surface area contributed by atoms with Crippen LogP contribution in [0.4, 0.5) is 0 Å². The molecule has 17 atom stereocenters. The van der Waals surface area contributed by atoms with Gasteiger partial charge in [-0.1, -0.05) is 129 Å². The number of amides is 1. The van der Waals surface area contributed by atoms with Crippen molar-refractivity contribution in [1.29, 1.82) is 0 Å². The van der Waals surface area contributed by atoms with Crippen molar-refractivity contribution in [2.45, 2.75) is 247 Å². The van der Waals surface area contributed by atoms with Crippen molar-refractivity contribution in [3.05, 3.63) is 12.2 Å². The summed E-state index contributed by atoms with van der Waals surface area (Å²) < 4.78 is 34.0. The predicted molar refractivity (Wildman–Crippen MR) is 236 cm³/mol. The fraction of sp³-hybridized carbons (Fsp3) is 0.935. The molecule has 19 nitrogen and oxygen atoms in total. The number of aliphatic hydroxyl groups is 11. The predicted octanol–water partition coefficient (Wildman–Crippen LogP) is 0.695. The number of hydrogen-bond acceptors (Lipinski definition) is 18. The van der Waals surface area contributed by atoms with Crippen LogP contribution in [0, 0.1) is 0 Å². The van der Waals surface area contributed by atoms with Gasteiger partial charge in [0.05, 0.1) is 38.6 Å². The summed E-state index contributed by atoms with van der Waals surface area (Å²) in [5, 5.41) is 119. The highest BCUT2D eigenvalue weighted by molar-refractivity contribution is 5.76. The minimum absolute atomic E-state index is 0.242. The van der Waals surface area contributed by atoms with E-state index in [2.05, 4.69) is 19.2 Å². The zero-order valence-corrected chi connectivity index (χ0v) is 38.7. The van der Waals surface area contributed by atoms with Crippen molar-refractivity contribution < 1.29 is 89.4 Å². The molecule has 0 aromatic heterocycles. The maximum Gasteiger partial charge on any atom is 0.220 e. The number of carbonyl (C=O) groups excluding carboxylic acids is 1. The maximum absolute atomic E-state index is 13.0. The molecule has 17 unspecified atom stereocenters. The first-order valence-electron chi connectivity index (χ1n) is 24.4. The lowest BCUT2D eigenvalue weighted by Gasteiger charge is -2.48. The Balaban J connectivity index is 1.57. The molecule has 0 spiro atoms. The molecule has 0 bridgehead atoms. The average Bonchev–Trinajstić information content (AvgIpc) is 3.30. The van der Waals surface area contributed by atoms with E-state index in [0.717, 1.165) is 57.8 Å². The molecule has 19 heteroatoms. The van der Waals surface area contributed by atoms with Crippen LogP contribution in [0.2, 0.25) is 0 Å². The minimum Gasteiger partial charge on any atom is -0.394 e. The van der Waals surface area contributed by atoms with Crippen molar-refractivity contribution in [3.63, 3.8) is 0 Å². The summed E-state index contributed by atoms with van der Waals surface area (Å²) in [7, 11) is 0. The Labute approximate surface area is 385 Å². The van der Waals surface area contributed by atoms with Gasteiger partial charge < -0.3 is 89.9 Å². The van der Waals surface area contributed by atoms with Crippen LogP contribution in [0.25, 0.3) is 0 Å². The Bertz CT molecular complexity index is 1260. The summed E-state index contributed by atoms with van der Waals surface area (Å²) in [5.41, 5.74) is 0. The van der Waals surface area contributed by atoms with E-state index in [4.69, 9.17) is 28.4 Å². The number of hydrogen-bond donors (Lipinski definition) is 12. The molecule has 3 aliphatic heterocycles. The highest BCUT2D eigenvalue weighted by Gasteiger charge is 2.53. The zero-order chi connectivity index (χ0) is 47.7. The molecule has 12 N–H and O–H groups in total. The second-order valence-corrected chi connectivity index (χ2v) is 17.9. The van der Waals surface area contributed by atoms with Gasteiger partial charge in [0.2, 0.25) is 5.91 Å². The fourth-order valence-corrected chi connectivity index (χ4v) is 8.42. The van der Waals surface area contributed by atoms with Gasteiger partial charge in [0.1, 0.15) is 73.2 Å². The molecule has 3 fully saturated rings. The summed E-state index contributed by atoms with van der Waals surface area (Å²) in [6.07, 6.45) is -1.62.